The molecule has 1 heterocycles. The summed E-state index contributed by atoms with van der Waals surface area (Å²) in [6.45, 7) is -0.203. The van der Waals surface area contributed by atoms with Gasteiger partial charge in [-0.1, -0.05) is 18.2 Å². The summed E-state index contributed by atoms with van der Waals surface area (Å²) in [6.07, 6.45) is -5.34. The largest absolute Gasteiger partial charge is 0.429 e. The highest BCUT2D eigenvalue weighted by Crippen LogP contribution is 2.17. The minimum absolute atomic E-state index is 0.203. The SMILES string of the molecule is O=C(OC1OC[C@@H](O)[C@@H](O)[C@H]1O)c1ccccc1. The third-order valence-corrected chi connectivity index (χ3v) is 2.69. The quantitative estimate of drug-likeness (QED) is 0.603. The van der Waals surface area contributed by atoms with E-state index < -0.39 is 30.6 Å². The lowest BCUT2D eigenvalue weighted by Crippen LogP contribution is -2.54. The average molecular weight is 254 g/mol. The van der Waals surface area contributed by atoms with E-state index in [0.29, 0.717) is 5.56 Å². The molecule has 4 atom stereocenters. The molecule has 0 spiro atoms. The Hall–Kier alpha value is -1.47. The maximum Gasteiger partial charge on any atom is 0.340 e. The van der Waals surface area contributed by atoms with Crippen molar-refractivity contribution in [3.05, 3.63) is 35.9 Å². The number of rotatable bonds is 2. The molecule has 0 amide bonds. The van der Waals surface area contributed by atoms with E-state index in [2.05, 4.69) is 0 Å². The summed E-state index contributed by atoms with van der Waals surface area (Å²) in [4.78, 5) is 11.7. The highest BCUT2D eigenvalue weighted by molar-refractivity contribution is 5.89. The predicted molar refractivity (Wildman–Crippen MR) is 59.6 cm³/mol. The molecule has 0 radical (unpaired) electrons. The molecule has 1 aromatic rings. The Morgan fingerprint density at radius 2 is 1.83 bits per heavy atom. The maximum atomic E-state index is 11.7. The molecule has 98 valence electrons. The topological polar surface area (TPSA) is 96.2 Å². The van der Waals surface area contributed by atoms with Crippen LogP contribution in [0.3, 0.4) is 0 Å². The second-order valence-electron chi connectivity index (χ2n) is 4.02. The van der Waals surface area contributed by atoms with E-state index in [1.54, 1.807) is 30.3 Å². The molecule has 0 aromatic heterocycles. The normalized spacial score (nSPS) is 31.9. The first kappa shape index (κ1) is 13.0. The number of carbonyl (C=O) groups excluding carboxylic acids is 1. The van der Waals surface area contributed by atoms with Gasteiger partial charge < -0.3 is 24.8 Å². The Morgan fingerprint density at radius 3 is 2.50 bits per heavy atom. The van der Waals surface area contributed by atoms with E-state index in [0.717, 1.165) is 0 Å². The Bertz CT molecular complexity index is 406. The van der Waals surface area contributed by atoms with E-state index in [4.69, 9.17) is 9.47 Å². The zero-order valence-electron chi connectivity index (χ0n) is 9.47. The first-order chi connectivity index (χ1) is 8.59. The van der Waals surface area contributed by atoms with Gasteiger partial charge in [0.25, 0.3) is 0 Å². The van der Waals surface area contributed by atoms with Crippen LogP contribution in [0.4, 0.5) is 0 Å². The van der Waals surface area contributed by atoms with Crippen molar-refractivity contribution in [3.8, 4) is 0 Å². The van der Waals surface area contributed by atoms with Crippen molar-refractivity contribution in [1.29, 1.82) is 0 Å². The third-order valence-electron chi connectivity index (χ3n) is 2.69. The number of hydrogen-bond donors (Lipinski definition) is 3. The van der Waals surface area contributed by atoms with Crippen LogP contribution in [-0.4, -0.2) is 52.5 Å². The lowest BCUT2D eigenvalue weighted by Gasteiger charge is -2.34. The molecule has 6 nitrogen and oxygen atoms in total. The fourth-order valence-corrected chi connectivity index (χ4v) is 1.63. The van der Waals surface area contributed by atoms with Gasteiger partial charge in [-0.05, 0) is 12.1 Å². The van der Waals surface area contributed by atoms with Crippen LogP contribution in [0, 0.1) is 0 Å². The number of aliphatic hydroxyl groups is 3. The molecule has 1 fully saturated rings. The number of carbonyl (C=O) groups is 1. The van der Waals surface area contributed by atoms with Crippen molar-refractivity contribution < 1.29 is 29.6 Å². The van der Waals surface area contributed by atoms with E-state index in [9.17, 15) is 20.1 Å². The van der Waals surface area contributed by atoms with Crippen LogP contribution in [0.1, 0.15) is 10.4 Å². The molecular formula is C12H14O6. The molecule has 1 aliphatic rings. The molecular weight excluding hydrogens is 240 g/mol. The van der Waals surface area contributed by atoms with Crippen molar-refractivity contribution in [2.45, 2.75) is 24.6 Å². The van der Waals surface area contributed by atoms with Crippen molar-refractivity contribution in [2.75, 3.05) is 6.61 Å². The summed E-state index contributed by atoms with van der Waals surface area (Å²) in [5.74, 6) is -0.664. The molecule has 0 bridgehead atoms. The molecule has 1 unspecified atom stereocenters. The van der Waals surface area contributed by atoms with Gasteiger partial charge in [0, 0.05) is 0 Å². The number of aliphatic hydroxyl groups excluding tert-OH is 3. The second-order valence-corrected chi connectivity index (χ2v) is 4.02. The standard InChI is InChI=1S/C12H14O6/c13-8-6-17-12(10(15)9(8)14)18-11(16)7-4-2-1-3-5-7/h1-5,8-10,12-15H,6H2/t8-,9-,10-,12?/m1/s1. The van der Waals surface area contributed by atoms with Crippen LogP contribution in [0.25, 0.3) is 0 Å². The van der Waals surface area contributed by atoms with Crippen LogP contribution in [0.15, 0.2) is 30.3 Å². The second kappa shape index (κ2) is 5.45. The molecule has 18 heavy (non-hydrogen) atoms. The molecule has 0 saturated carbocycles. The molecule has 1 aromatic carbocycles. The van der Waals surface area contributed by atoms with Crippen LogP contribution >= 0.6 is 0 Å². The van der Waals surface area contributed by atoms with Crippen LogP contribution in [0.2, 0.25) is 0 Å². The Labute approximate surface area is 103 Å². The maximum absolute atomic E-state index is 11.7. The minimum atomic E-state index is -1.47. The monoisotopic (exact) mass is 254 g/mol. The highest BCUT2D eigenvalue weighted by atomic mass is 16.7. The van der Waals surface area contributed by atoms with E-state index >= 15 is 0 Å². The highest BCUT2D eigenvalue weighted by Gasteiger charge is 2.39. The zero-order valence-corrected chi connectivity index (χ0v) is 9.47. The van der Waals surface area contributed by atoms with E-state index in [-0.39, 0.29) is 6.61 Å². The molecule has 0 aliphatic carbocycles. The molecule has 2 rings (SSSR count). The predicted octanol–water partition coefficient (Wildman–Crippen LogP) is -0.718. The van der Waals surface area contributed by atoms with Gasteiger partial charge in [0.15, 0.2) is 0 Å². The average Bonchev–Trinajstić information content (AvgIpc) is 2.40. The van der Waals surface area contributed by atoms with Gasteiger partial charge in [-0.15, -0.1) is 0 Å². The van der Waals surface area contributed by atoms with Gasteiger partial charge in [-0.2, -0.15) is 0 Å². The first-order valence-electron chi connectivity index (χ1n) is 5.51. The van der Waals surface area contributed by atoms with Crippen molar-refractivity contribution in [3.63, 3.8) is 0 Å². The summed E-state index contributed by atoms with van der Waals surface area (Å²) in [5, 5.41) is 28.3. The number of ether oxygens (including phenoxy) is 2. The van der Waals surface area contributed by atoms with Gasteiger partial charge in [0.1, 0.15) is 18.3 Å². The van der Waals surface area contributed by atoms with Crippen LogP contribution in [-0.2, 0) is 9.47 Å². The fourth-order valence-electron chi connectivity index (χ4n) is 1.63. The lowest BCUT2D eigenvalue weighted by atomic mass is 10.1. The number of benzene rings is 1. The summed E-state index contributed by atoms with van der Waals surface area (Å²) in [6, 6.07) is 8.22. The summed E-state index contributed by atoms with van der Waals surface area (Å²) in [7, 11) is 0. The van der Waals surface area contributed by atoms with Gasteiger partial charge in [0.05, 0.1) is 12.2 Å². The van der Waals surface area contributed by atoms with E-state index in [1.807, 2.05) is 0 Å². The molecule has 3 N–H and O–H groups in total. The molecule has 1 aliphatic heterocycles. The number of hydrogen-bond acceptors (Lipinski definition) is 6. The smallest absolute Gasteiger partial charge is 0.340 e. The van der Waals surface area contributed by atoms with Gasteiger partial charge in [-0.25, -0.2) is 4.79 Å². The van der Waals surface area contributed by atoms with Gasteiger partial charge in [-0.3, -0.25) is 0 Å². The molecule has 1 saturated heterocycles. The van der Waals surface area contributed by atoms with Crippen molar-refractivity contribution in [1.82, 2.24) is 0 Å². The van der Waals surface area contributed by atoms with Gasteiger partial charge >= 0.3 is 5.97 Å². The minimum Gasteiger partial charge on any atom is -0.429 e. The van der Waals surface area contributed by atoms with Gasteiger partial charge in [0.2, 0.25) is 6.29 Å². The Balaban J connectivity index is 2.00. The Morgan fingerprint density at radius 1 is 1.17 bits per heavy atom. The van der Waals surface area contributed by atoms with Crippen LogP contribution in [0.5, 0.6) is 0 Å². The summed E-state index contributed by atoms with van der Waals surface area (Å²) in [5.41, 5.74) is 0.314. The lowest BCUT2D eigenvalue weighted by molar-refractivity contribution is -0.251. The Kier molecular flexibility index (Phi) is 3.93. The zero-order chi connectivity index (χ0) is 13.1. The third kappa shape index (κ3) is 2.68. The first-order valence-corrected chi connectivity index (χ1v) is 5.51. The summed E-state index contributed by atoms with van der Waals surface area (Å²) < 4.78 is 9.89. The summed E-state index contributed by atoms with van der Waals surface area (Å²) >= 11 is 0. The van der Waals surface area contributed by atoms with Crippen molar-refractivity contribution >= 4 is 5.97 Å². The number of esters is 1. The van der Waals surface area contributed by atoms with Crippen molar-refractivity contribution in [2.24, 2.45) is 0 Å². The fraction of sp³-hybridized carbons (Fsp3) is 0.417. The van der Waals surface area contributed by atoms with Crippen LogP contribution < -0.4 is 0 Å². The molecule has 6 heteroatoms. The van der Waals surface area contributed by atoms with E-state index in [1.165, 1.54) is 0 Å².